The molecule has 1 radical (unpaired) electrons. The first-order valence-corrected chi connectivity index (χ1v) is 6.12. The average Bonchev–Trinajstić information content (AvgIpc) is 2.38. The molecule has 0 unspecified atom stereocenters. The molecule has 1 heterocycles. The van der Waals surface area contributed by atoms with Crippen molar-refractivity contribution in [2.45, 2.75) is 13.3 Å². The van der Waals surface area contributed by atoms with Crippen molar-refractivity contribution in [3.05, 3.63) is 17.5 Å². The Labute approximate surface area is 76.5 Å². The number of nitrogens with zero attached hydrogens (tertiary/aromatic N) is 1. The lowest BCUT2D eigenvalue weighted by atomic mass is 10.6. The normalized spacial score (nSPS) is 11.4. The molecule has 5 heteroatoms. The highest BCUT2D eigenvalue weighted by Crippen LogP contribution is 2.17. The third-order valence-electron chi connectivity index (χ3n) is 1.20. The molecule has 0 saturated carbocycles. The van der Waals surface area contributed by atoms with Gasteiger partial charge in [-0.15, -0.1) is 11.3 Å². The standard InChI is InChI=1S/C7H10NO2S2/c1-2-6-12(9,10)8-7-4-3-5-11-7/h3-5H,2,6H2,1H3. The van der Waals surface area contributed by atoms with E-state index in [2.05, 4.69) is 4.72 Å². The van der Waals surface area contributed by atoms with Gasteiger partial charge in [-0.3, -0.25) is 0 Å². The first-order valence-electron chi connectivity index (χ1n) is 3.63. The molecule has 0 atom stereocenters. The number of sulfonamides is 1. The average molecular weight is 204 g/mol. The number of rotatable bonds is 4. The van der Waals surface area contributed by atoms with E-state index in [0.29, 0.717) is 11.4 Å². The molecule has 0 spiro atoms. The predicted molar refractivity (Wildman–Crippen MR) is 50.2 cm³/mol. The fourth-order valence-corrected chi connectivity index (χ4v) is 2.67. The van der Waals surface area contributed by atoms with E-state index < -0.39 is 10.0 Å². The van der Waals surface area contributed by atoms with E-state index in [0.717, 1.165) is 0 Å². The zero-order chi connectivity index (χ0) is 9.03. The third kappa shape index (κ3) is 2.83. The summed E-state index contributed by atoms with van der Waals surface area (Å²) in [5.41, 5.74) is 0. The van der Waals surface area contributed by atoms with Crippen LogP contribution in [-0.4, -0.2) is 14.2 Å². The molecule has 1 aromatic heterocycles. The highest BCUT2D eigenvalue weighted by atomic mass is 32.2. The third-order valence-corrected chi connectivity index (χ3v) is 3.47. The lowest BCUT2D eigenvalue weighted by molar-refractivity contribution is 0.589. The summed E-state index contributed by atoms with van der Waals surface area (Å²) in [6.07, 6.45) is 0.608. The minimum Gasteiger partial charge on any atom is -0.205 e. The van der Waals surface area contributed by atoms with Crippen LogP contribution in [0.2, 0.25) is 0 Å². The summed E-state index contributed by atoms with van der Waals surface area (Å²) >= 11 is 1.33. The van der Waals surface area contributed by atoms with Gasteiger partial charge < -0.3 is 0 Å². The molecular weight excluding hydrogens is 194 g/mol. The van der Waals surface area contributed by atoms with E-state index in [1.165, 1.54) is 11.3 Å². The van der Waals surface area contributed by atoms with Gasteiger partial charge in [-0.05, 0) is 23.9 Å². The van der Waals surface area contributed by atoms with Gasteiger partial charge in [0.15, 0.2) is 0 Å². The van der Waals surface area contributed by atoms with Crippen molar-refractivity contribution in [1.29, 1.82) is 0 Å². The zero-order valence-corrected chi connectivity index (χ0v) is 8.36. The van der Waals surface area contributed by atoms with Crippen LogP contribution in [0.1, 0.15) is 13.3 Å². The van der Waals surface area contributed by atoms with Crippen molar-refractivity contribution in [3.63, 3.8) is 0 Å². The summed E-state index contributed by atoms with van der Waals surface area (Å²) in [7, 11) is -3.22. The Morgan fingerprint density at radius 1 is 1.58 bits per heavy atom. The second kappa shape index (κ2) is 3.91. The molecule has 0 aliphatic heterocycles. The van der Waals surface area contributed by atoms with Gasteiger partial charge in [0.25, 0.3) is 10.0 Å². The van der Waals surface area contributed by atoms with E-state index in [9.17, 15) is 8.42 Å². The molecule has 0 aromatic carbocycles. The molecule has 0 aliphatic rings. The van der Waals surface area contributed by atoms with Gasteiger partial charge in [-0.2, -0.15) is 4.72 Å². The van der Waals surface area contributed by atoms with Gasteiger partial charge in [0.05, 0.1) is 5.75 Å². The van der Waals surface area contributed by atoms with E-state index in [4.69, 9.17) is 0 Å². The van der Waals surface area contributed by atoms with Gasteiger partial charge in [0.1, 0.15) is 5.00 Å². The van der Waals surface area contributed by atoms with Crippen LogP contribution in [0.4, 0.5) is 5.00 Å². The predicted octanol–water partition coefficient (Wildman–Crippen LogP) is 1.72. The molecule has 0 bridgehead atoms. The lowest BCUT2D eigenvalue weighted by Crippen LogP contribution is -2.14. The van der Waals surface area contributed by atoms with Gasteiger partial charge in [-0.1, -0.05) is 6.92 Å². The Kier molecular flexibility index (Phi) is 3.11. The minimum atomic E-state index is -3.22. The number of thiophene rings is 1. The lowest BCUT2D eigenvalue weighted by Gasteiger charge is -1.98. The zero-order valence-electron chi connectivity index (χ0n) is 6.73. The second-order valence-corrected chi connectivity index (χ2v) is 5.01. The van der Waals surface area contributed by atoms with Crippen LogP contribution >= 0.6 is 11.3 Å². The van der Waals surface area contributed by atoms with Crippen molar-refractivity contribution < 1.29 is 8.42 Å². The van der Waals surface area contributed by atoms with Crippen LogP contribution in [0, 0.1) is 0 Å². The fourth-order valence-electron chi connectivity index (χ4n) is 0.763. The molecule has 0 N–H and O–H groups in total. The largest absolute Gasteiger partial charge is 0.254 e. The highest BCUT2D eigenvalue weighted by Gasteiger charge is 2.11. The summed E-state index contributed by atoms with van der Waals surface area (Å²) in [4.78, 5) is 0. The van der Waals surface area contributed by atoms with Crippen molar-refractivity contribution >= 4 is 26.4 Å². The smallest absolute Gasteiger partial charge is 0.205 e. The second-order valence-electron chi connectivity index (χ2n) is 2.33. The van der Waals surface area contributed by atoms with Gasteiger partial charge in [-0.25, -0.2) is 8.42 Å². The molecule has 67 valence electrons. The molecule has 0 aliphatic carbocycles. The summed E-state index contributed by atoms with van der Waals surface area (Å²) < 4.78 is 25.9. The van der Waals surface area contributed by atoms with Gasteiger partial charge >= 0.3 is 0 Å². The van der Waals surface area contributed by atoms with Crippen molar-refractivity contribution in [1.82, 2.24) is 4.72 Å². The number of hydrogen-bond donors (Lipinski definition) is 0. The maximum atomic E-state index is 11.1. The molecule has 0 amide bonds. The van der Waals surface area contributed by atoms with Gasteiger partial charge in [0.2, 0.25) is 0 Å². The molecule has 0 saturated heterocycles. The topological polar surface area (TPSA) is 48.2 Å². The van der Waals surface area contributed by atoms with E-state index in [1.54, 1.807) is 17.5 Å². The van der Waals surface area contributed by atoms with Gasteiger partial charge in [0, 0.05) is 0 Å². The van der Waals surface area contributed by atoms with Crippen molar-refractivity contribution in [3.8, 4) is 0 Å². The van der Waals surface area contributed by atoms with Crippen LogP contribution in [0.3, 0.4) is 0 Å². The molecule has 1 aromatic rings. The Balaban J connectivity index is 2.63. The fraction of sp³-hybridized carbons (Fsp3) is 0.429. The van der Waals surface area contributed by atoms with E-state index >= 15 is 0 Å². The molecule has 0 fully saturated rings. The minimum absolute atomic E-state index is 0.130. The van der Waals surface area contributed by atoms with Crippen LogP contribution < -0.4 is 4.72 Å². The van der Waals surface area contributed by atoms with Crippen LogP contribution in [0.25, 0.3) is 0 Å². The van der Waals surface area contributed by atoms with Crippen LogP contribution in [-0.2, 0) is 10.0 Å². The van der Waals surface area contributed by atoms with E-state index in [1.807, 2.05) is 6.92 Å². The summed E-state index contributed by atoms with van der Waals surface area (Å²) in [5.74, 6) is 0.130. The summed E-state index contributed by atoms with van der Waals surface area (Å²) in [6.45, 7) is 1.82. The molecular formula is C7H10NO2S2. The van der Waals surface area contributed by atoms with Crippen LogP contribution in [0.5, 0.6) is 0 Å². The van der Waals surface area contributed by atoms with E-state index in [-0.39, 0.29) is 5.75 Å². The number of hydrogen-bond acceptors (Lipinski definition) is 3. The molecule has 1 rings (SSSR count). The SMILES string of the molecule is CCCS(=O)(=O)[N]c1cccs1. The Morgan fingerprint density at radius 2 is 2.33 bits per heavy atom. The molecule has 12 heavy (non-hydrogen) atoms. The van der Waals surface area contributed by atoms with Crippen molar-refractivity contribution in [2.75, 3.05) is 5.75 Å². The first kappa shape index (κ1) is 9.54. The Hall–Kier alpha value is -0.550. The van der Waals surface area contributed by atoms with Crippen molar-refractivity contribution in [2.24, 2.45) is 0 Å². The van der Waals surface area contributed by atoms with Crippen LogP contribution in [0.15, 0.2) is 17.5 Å². The molecule has 3 nitrogen and oxygen atoms in total. The Morgan fingerprint density at radius 3 is 2.83 bits per heavy atom. The summed E-state index contributed by atoms with van der Waals surface area (Å²) in [5, 5.41) is 2.36. The Bertz CT molecular complexity index is 315. The summed E-state index contributed by atoms with van der Waals surface area (Å²) in [6, 6.07) is 3.48. The highest BCUT2D eigenvalue weighted by molar-refractivity contribution is 7.89. The quantitative estimate of drug-likeness (QED) is 0.749. The maximum Gasteiger partial charge on any atom is 0.254 e. The monoisotopic (exact) mass is 204 g/mol. The maximum absolute atomic E-state index is 11.1. The first-order chi connectivity index (χ1) is 5.64.